The smallest absolute Gasteiger partial charge is 0.338 e. The standard InChI is InChI=1S/C21H25NO6S/c1-4-16-5-7-17(8-6-16)20(23)14-28-21(24)18-9-11-19(12-10-18)29(25,26)22-15(2)13-27-3/h5-12,15,22H,4,13-14H2,1-3H3/t15-/m0/s1. The van der Waals surface area contributed by atoms with E-state index in [1.807, 2.05) is 19.1 Å². The topological polar surface area (TPSA) is 98.8 Å². The lowest BCUT2D eigenvalue weighted by Gasteiger charge is -2.13. The van der Waals surface area contributed by atoms with Crippen LogP contribution in [0.15, 0.2) is 53.4 Å². The van der Waals surface area contributed by atoms with Crippen molar-refractivity contribution in [2.75, 3.05) is 20.3 Å². The van der Waals surface area contributed by atoms with Crippen LogP contribution < -0.4 is 4.72 Å². The number of carbonyl (C=O) groups excluding carboxylic acids is 2. The van der Waals surface area contributed by atoms with Crippen LogP contribution in [-0.2, 0) is 25.9 Å². The summed E-state index contributed by atoms with van der Waals surface area (Å²) in [6, 6.07) is 12.0. The monoisotopic (exact) mass is 419 g/mol. The Kier molecular flexibility index (Phi) is 8.07. The molecule has 0 spiro atoms. The number of ether oxygens (including phenoxy) is 2. The van der Waals surface area contributed by atoms with Crippen molar-refractivity contribution in [3.05, 3.63) is 65.2 Å². The first-order valence-electron chi connectivity index (χ1n) is 9.17. The van der Waals surface area contributed by atoms with Gasteiger partial charge in [-0.2, -0.15) is 0 Å². The average Bonchev–Trinajstić information content (AvgIpc) is 2.71. The second-order valence-corrected chi connectivity index (χ2v) is 8.27. The van der Waals surface area contributed by atoms with E-state index >= 15 is 0 Å². The van der Waals surface area contributed by atoms with E-state index in [4.69, 9.17) is 9.47 Å². The lowest BCUT2D eigenvalue weighted by Crippen LogP contribution is -2.35. The lowest BCUT2D eigenvalue weighted by atomic mass is 10.1. The van der Waals surface area contributed by atoms with Crippen molar-refractivity contribution in [1.82, 2.24) is 4.72 Å². The molecule has 1 N–H and O–H groups in total. The number of methoxy groups -OCH3 is 1. The van der Waals surface area contributed by atoms with Gasteiger partial charge in [0.25, 0.3) is 0 Å². The normalized spacial score (nSPS) is 12.4. The second kappa shape index (κ2) is 10.3. The minimum atomic E-state index is -3.73. The molecule has 8 heteroatoms. The summed E-state index contributed by atoms with van der Waals surface area (Å²) >= 11 is 0. The quantitative estimate of drug-likeness (QED) is 0.469. The number of esters is 1. The van der Waals surface area contributed by atoms with Crippen LogP contribution in [0.2, 0.25) is 0 Å². The molecule has 0 heterocycles. The van der Waals surface area contributed by atoms with Crippen molar-refractivity contribution in [1.29, 1.82) is 0 Å². The number of carbonyl (C=O) groups is 2. The number of Topliss-reactive ketones (excluding diaryl/α,β-unsaturated/α-hetero) is 1. The van der Waals surface area contributed by atoms with E-state index in [2.05, 4.69) is 4.72 Å². The summed E-state index contributed by atoms with van der Waals surface area (Å²) < 4.78 is 37.0. The number of hydrogen-bond acceptors (Lipinski definition) is 6. The van der Waals surface area contributed by atoms with Gasteiger partial charge in [0.05, 0.1) is 17.1 Å². The predicted octanol–water partition coefficient (Wildman–Crippen LogP) is 2.60. The Morgan fingerprint density at radius 2 is 1.59 bits per heavy atom. The van der Waals surface area contributed by atoms with E-state index in [-0.39, 0.29) is 29.5 Å². The SMILES string of the molecule is CCc1ccc(C(=O)COC(=O)c2ccc(S(=O)(=O)N[C@@H](C)COC)cc2)cc1. The molecule has 156 valence electrons. The molecular weight excluding hydrogens is 394 g/mol. The van der Waals surface area contributed by atoms with Gasteiger partial charge in [-0.25, -0.2) is 17.9 Å². The Morgan fingerprint density at radius 3 is 2.14 bits per heavy atom. The first-order valence-corrected chi connectivity index (χ1v) is 10.7. The van der Waals surface area contributed by atoms with E-state index in [0.717, 1.165) is 12.0 Å². The number of aryl methyl sites for hydroxylation is 1. The third kappa shape index (κ3) is 6.49. The molecule has 0 unspecified atom stereocenters. The number of nitrogens with one attached hydrogen (secondary N) is 1. The van der Waals surface area contributed by atoms with E-state index in [1.54, 1.807) is 19.1 Å². The molecule has 29 heavy (non-hydrogen) atoms. The molecule has 0 bridgehead atoms. The van der Waals surface area contributed by atoms with Crippen LogP contribution in [0.25, 0.3) is 0 Å². The third-order valence-electron chi connectivity index (χ3n) is 4.19. The van der Waals surface area contributed by atoms with Gasteiger partial charge in [-0.15, -0.1) is 0 Å². The fraction of sp³-hybridized carbons (Fsp3) is 0.333. The second-order valence-electron chi connectivity index (χ2n) is 6.55. The Morgan fingerprint density at radius 1 is 1.00 bits per heavy atom. The maximum absolute atomic E-state index is 12.3. The number of sulfonamides is 1. The molecule has 0 aliphatic rings. The summed E-state index contributed by atoms with van der Waals surface area (Å²) in [6.45, 7) is 3.55. The highest BCUT2D eigenvalue weighted by Gasteiger charge is 2.18. The average molecular weight is 419 g/mol. The van der Waals surface area contributed by atoms with Gasteiger partial charge in [-0.3, -0.25) is 4.79 Å². The van der Waals surface area contributed by atoms with Gasteiger partial charge in [-0.1, -0.05) is 31.2 Å². The molecule has 0 aromatic heterocycles. The van der Waals surface area contributed by atoms with Crippen molar-refractivity contribution in [3.63, 3.8) is 0 Å². The van der Waals surface area contributed by atoms with Crippen molar-refractivity contribution in [2.24, 2.45) is 0 Å². The maximum atomic E-state index is 12.3. The number of ketones is 1. The van der Waals surface area contributed by atoms with Crippen molar-refractivity contribution in [2.45, 2.75) is 31.2 Å². The van der Waals surface area contributed by atoms with E-state index in [9.17, 15) is 18.0 Å². The zero-order valence-corrected chi connectivity index (χ0v) is 17.5. The van der Waals surface area contributed by atoms with Crippen LogP contribution in [0.5, 0.6) is 0 Å². The minimum Gasteiger partial charge on any atom is -0.454 e. The lowest BCUT2D eigenvalue weighted by molar-refractivity contribution is 0.0474. The highest BCUT2D eigenvalue weighted by Crippen LogP contribution is 2.13. The Balaban J connectivity index is 1.96. The van der Waals surface area contributed by atoms with Crippen LogP contribution in [0, 0.1) is 0 Å². The molecule has 0 saturated carbocycles. The largest absolute Gasteiger partial charge is 0.454 e. The zero-order chi connectivity index (χ0) is 21.4. The van der Waals surface area contributed by atoms with Gasteiger partial charge in [-0.05, 0) is 43.2 Å². The summed E-state index contributed by atoms with van der Waals surface area (Å²) in [6.07, 6.45) is 0.871. The highest BCUT2D eigenvalue weighted by molar-refractivity contribution is 7.89. The number of benzene rings is 2. The number of hydrogen-bond donors (Lipinski definition) is 1. The minimum absolute atomic E-state index is 0.0177. The summed E-state index contributed by atoms with van der Waals surface area (Å²) in [7, 11) is -2.25. The molecule has 0 aliphatic heterocycles. The van der Waals surface area contributed by atoms with Crippen molar-refractivity contribution < 1.29 is 27.5 Å². The molecule has 7 nitrogen and oxygen atoms in total. The molecule has 0 amide bonds. The molecule has 1 atom stereocenters. The fourth-order valence-electron chi connectivity index (χ4n) is 2.61. The summed E-state index contributed by atoms with van der Waals surface area (Å²) in [4.78, 5) is 24.3. The first kappa shape index (κ1) is 22.7. The van der Waals surface area contributed by atoms with Gasteiger partial charge < -0.3 is 9.47 Å². The molecule has 0 aliphatic carbocycles. The fourth-order valence-corrected chi connectivity index (χ4v) is 3.84. The Hall–Kier alpha value is -2.55. The zero-order valence-electron chi connectivity index (χ0n) is 16.7. The van der Waals surface area contributed by atoms with Gasteiger partial charge >= 0.3 is 5.97 Å². The van der Waals surface area contributed by atoms with Gasteiger partial charge in [0.2, 0.25) is 10.0 Å². The highest BCUT2D eigenvalue weighted by atomic mass is 32.2. The third-order valence-corrected chi connectivity index (χ3v) is 5.80. The van der Waals surface area contributed by atoms with Gasteiger partial charge in [0.15, 0.2) is 12.4 Å². The van der Waals surface area contributed by atoms with Crippen LogP contribution in [0.3, 0.4) is 0 Å². The van der Waals surface area contributed by atoms with Crippen LogP contribution >= 0.6 is 0 Å². The molecule has 0 fully saturated rings. The van der Waals surface area contributed by atoms with Crippen LogP contribution in [-0.4, -0.2) is 46.5 Å². The van der Waals surface area contributed by atoms with E-state index in [0.29, 0.717) is 5.56 Å². The maximum Gasteiger partial charge on any atom is 0.338 e. The Bertz CT molecular complexity index is 936. The van der Waals surface area contributed by atoms with E-state index < -0.39 is 22.0 Å². The van der Waals surface area contributed by atoms with Gasteiger partial charge in [0.1, 0.15) is 0 Å². The summed E-state index contributed by atoms with van der Waals surface area (Å²) in [5, 5.41) is 0. The van der Waals surface area contributed by atoms with Gasteiger partial charge in [0, 0.05) is 18.7 Å². The van der Waals surface area contributed by atoms with Crippen LogP contribution in [0.4, 0.5) is 0 Å². The number of rotatable bonds is 10. The van der Waals surface area contributed by atoms with Crippen molar-refractivity contribution in [3.8, 4) is 0 Å². The molecule has 0 radical (unpaired) electrons. The molecule has 2 aromatic carbocycles. The summed E-state index contributed by atoms with van der Waals surface area (Å²) in [5.74, 6) is -1.01. The Labute approximate surface area is 171 Å². The van der Waals surface area contributed by atoms with Crippen molar-refractivity contribution >= 4 is 21.8 Å². The summed E-state index contributed by atoms with van der Waals surface area (Å²) in [5.41, 5.74) is 1.73. The predicted molar refractivity (Wildman–Crippen MR) is 109 cm³/mol. The molecule has 2 rings (SSSR count). The first-order chi connectivity index (χ1) is 13.8. The van der Waals surface area contributed by atoms with Crippen LogP contribution in [0.1, 0.15) is 40.1 Å². The molecular formula is C21H25NO6S. The molecule has 0 saturated heterocycles. The molecule has 2 aromatic rings. The van der Waals surface area contributed by atoms with E-state index in [1.165, 1.54) is 31.4 Å².